The first-order chi connectivity index (χ1) is 9.99. The van der Waals surface area contributed by atoms with Crippen LogP contribution in [0.5, 0.6) is 0 Å². The quantitative estimate of drug-likeness (QED) is 0.643. The van der Waals surface area contributed by atoms with Crippen molar-refractivity contribution in [3.8, 4) is 0 Å². The number of hydrogen-bond donors (Lipinski definition) is 2. The molecule has 0 heterocycles. The van der Waals surface area contributed by atoms with Gasteiger partial charge in [0, 0.05) is 40.0 Å². The Kier molecular flexibility index (Phi) is 5.01. The Hall–Kier alpha value is -1.82. The molecule has 7 heteroatoms. The first kappa shape index (κ1) is 15.6. The first-order valence-corrected chi connectivity index (χ1v) is 6.82. The number of hydrogen-bond acceptors (Lipinski definition) is 4. The third kappa shape index (κ3) is 4.07. The molecule has 5 nitrogen and oxygen atoms in total. The van der Waals surface area contributed by atoms with Gasteiger partial charge in [0.1, 0.15) is 0 Å². The van der Waals surface area contributed by atoms with E-state index in [4.69, 9.17) is 23.2 Å². The standard InChI is InChI=1S/C14H12Cl2N2O3/c15-11-3-9(4-12(16)6-11)7-17-14-2-1-13(18(20)21)5-10(14)8-19/h1-6,17,19H,7-8H2. The number of nitro benzene ring substituents is 1. The maximum atomic E-state index is 10.7. The zero-order valence-electron chi connectivity index (χ0n) is 10.8. The first-order valence-electron chi connectivity index (χ1n) is 6.06. The van der Waals surface area contributed by atoms with Gasteiger partial charge in [0.25, 0.3) is 5.69 Å². The van der Waals surface area contributed by atoms with E-state index in [0.29, 0.717) is 27.8 Å². The molecule has 0 saturated carbocycles. The van der Waals surface area contributed by atoms with Crippen LogP contribution in [0.15, 0.2) is 36.4 Å². The Bertz CT molecular complexity index is 657. The predicted octanol–water partition coefficient (Wildman–Crippen LogP) is 4.01. The molecule has 0 aromatic heterocycles. The molecule has 0 amide bonds. The second-order valence-electron chi connectivity index (χ2n) is 4.39. The lowest BCUT2D eigenvalue weighted by Crippen LogP contribution is -2.03. The molecule has 0 spiro atoms. The lowest BCUT2D eigenvalue weighted by molar-refractivity contribution is -0.384. The van der Waals surface area contributed by atoms with Crippen LogP contribution in [-0.2, 0) is 13.2 Å². The molecule has 0 aliphatic carbocycles. The van der Waals surface area contributed by atoms with Gasteiger partial charge in [-0.1, -0.05) is 23.2 Å². The summed E-state index contributed by atoms with van der Waals surface area (Å²) in [6.07, 6.45) is 0. The van der Waals surface area contributed by atoms with Gasteiger partial charge < -0.3 is 10.4 Å². The van der Waals surface area contributed by atoms with Gasteiger partial charge in [0.15, 0.2) is 0 Å². The predicted molar refractivity (Wildman–Crippen MR) is 82.8 cm³/mol. The van der Waals surface area contributed by atoms with E-state index in [0.717, 1.165) is 5.56 Å². The molecule has 2 N–H and O–H groups in total. The van der Waals surface area contributed by atoms with Gasteiger partial charge in [-0.05, 0) is 29.8 Å². The highest BCUT2D eigenvalue weighted by molar-refractivity contribution is 6.34. The van der Waals surface area contributed by atoms with E-state index in [2.05, 4.69) is 5.32 Å². The van der Waals surface area contributed by atoms with Crippen molar-refractivity contribution < 1.29 is 10.0 Å². The van der Waals surface area contributed by atoms with Crippen molar-refractivity contribution in [2.75, 3.05) is 5.32 Å². The molecule has 0 bridgehead atoms. The number of aliphatic hydroxyl groups is 1. The molecular weight excluding hydrogens is 315 g/mol. The number of non-ortho nitro benzene ring substituents is 1. The van der Waals surface area contributed by atoms with Crippen molar-refractivity contribution in [2.45, 2.75) is 13.2 Å². The van der Waals surface area contributed by atoms with Crippen LogP contribution in [0.1, 0.15) is 11.1 Å². The number of nitrogens with zero attached hydrogens (tertiary/aromatic N) is 1. The van der Waals surface area contributed by atoms with Gasteiger partial charge in [-0.15, -0.1) is 0 Å². The molecule has 0 unspecified atom stereocenters. The van der Waals surface area contributed by atoms with Crippen molar-refractivity contribution in [3.63, 3.8) is 0 Å². The largest absolute Gasteiger partial charge is 0.392 e. The topological polar surface area (TPSA) is 75.4 Å². The summed E-state index contributed by atoms with van der Waals surface area (Å²) in [5.74, 6) is 0. The van der Waals surface area contributed by atoms with Gasteiger partial charge >= 0.3 is 0 Å². The average Bonchev–Trinajstić information content (AvgIpc) is 2.43. The van der Waals surface area contributed by atoms with Crippen LogP contribution < -0.4 is 5.32 Å². The molecule has 0 aliphatic rings. The Labute approximate surface area is 131 Å². The summed E-state index contributed by atoms with van der Waals surface area (Å²) in [6.45, 7) is 0.144. The molecule has 0 aliphatic heterocycles. The third-order valence-corrected chi connectivity index (χ3v) is 3.31. The van der Waals surface area contributed by atoms with Gasteiger partial charge in [0.05, 0.1) is 11.5 Å². The normalized spacial score (nSPS) is 10.4. The van der Waals surface area contributed by atoms with E-state index in [1.807, 2.05) is 0 Å². The fourth-order valence-corrected chi connectivity index (χ4v) is 2.48. The van der Waals surface area contributed by atoms with Crippen LogP contribution >= 0.6 is 23.2 Å². The Morgan fingerprint density at radius 2 is 1.81 bits per heavy atom. The Balaban J connectivity index is 2.17. The fourth-order valence-electron chi connectivity index (χ4n) is 1.91. The molecule has 0 saturated heterocycles. The van der Waals surface area contributed by atoms with Gasteiger partial charge in [0.2, 0.25) is 0 Å². The lowest BCUT2D eigenvalue weighted by atomic mass is 10.1. The number of nitrogens with one attached hydrogen (secondary N) is 1. The highest BCUT2D eigenvalue weighted by atomic mass is 35.5. The Morgan fingerprint density at radius 1 is 1.14 bits per heavy atom. The van der Waals surface area contributed by atoms with Crippen molar-refractivity contribution in [2.24, 2.45) is 0 Å². The van der Waals surface area contributed by atoms with Crippen molar-refractivity contribution in [1.29, 1.82) is 0 Å². The molecule has 0 radical (unpaired) electrons. The SMILES string of the molecule is O=[N+]([O-])c1ccc(NCc2cc(Cl)cc(Cl)c2)c(CO)c1. The summed E-state index contributed by atoms with van der Waals surface area (Å²) in [4.78, 5) is 10.2. The Morgan fingerprint density at radius 3 is 2.38 bits per heavy atom. The number of aliphatic hydroxyl groups excluding tert-OH is 1. The minimum atomic E-state index is -0.500. The fraction of sp³-hybridized carbons (Fsp3) is 0.143. The number of halogens is 2. The van der Waals surface area contributed by atoms with Crippen LogP contribution in [-0.4, -0.2) is 10.0 Å². The van der Waals surface area contributed by atoms with Gasteiger partial charge in [-0.2, -0.15) is 0 Å². The van der Waals surface area contributed by atoms with E-state index in [1.165, 1.54) is 12.1 Å². The maximum absolute atomic E-state index is 10.7. The second-order valence-corrected chi connectivity index (χ2v) is 5.26. The monoisotopic (exact) mass is 326 g/mol. The molecular formula is C14H12Cl2N2O3. The molecule has 0 fully saturated rings. The minimum absolute atomic E-state index is 0.0598. The van der Waals surface area contributed by atoms with Crippen molar-refractivity contribution >= 4 is 34.6 Å². The zero-order valence-corrected chi connectivity index (χ0v) is 12.4. The summed E-state index contributed by atoms with van der Waals surface area (Å²) in [5, 5.41) is 24.2. The molecule has 0 atom stereocenters. The molecule has 2 rings (SSSR count). The average molecular weight is 327 g/mol. The van der Waals surface area contributed by atoms with E-state index in [1.54, 1.807) is 24.3 Å². The second kappa shape index (κ2) is 6.76. The van der Waals surface area contributed by atoms with E-state index in [9.17, 15) is 15.2 Å². The molecule has 110 valence electrons. The van der Waals surface area contributed by atoms with Crippen molar-refractivity contribution in [3.05, 3.63) is 67.7 Å². The van der Waals surface area contributed by atoms with Crippen molar-refractivity contribution in [1.82, 2.24) is 0 Å². The maximum Gasteiger partial charge on any atom is 0.269 e. The van der Waals surface area contributed by atoms with Gasteiger partial charge in [-0.25, -0.2) is 0 Å². The molecule has 2 aromatic carbocycles. The number of anilines is 1. The number of rotatable bonds is 5. The summed E-state index contributed by atoms with van der Waals surface area (Å²) < 4.78 is 0. The van der Waals surface area contributed by atoms with E-state index < -0.39 is 4.92 Å². The van der Waals surface area contributed by atoms with Crippen LogP contribution in [0.25, 0.3) is 0 Å². The van der Waals surface area contributed by atoms with Crippen LogP contribution in [0.4, 0.5) is 11.4 Å². The summed E-state index contributed by atoms with van der Waals surface area (Å²) in [6, 6.07) is 9.46. The van der Waals surface area contributed by atoms with Gasteiger partial charge in [-0.3, -0.25) is 10.1 Å². The third-order valence-electron chi connectivity index (χ3n) is 2.88. The molecule has 2 aromatic rings. The van der Waals surface area contributed by atoms with Crippen LogP contribution in [0.2, 0.25) is 10.0 Å². The number of benzene rings is 2. The van der Waals surface area contributed by atoms with E-state index in [-0.39, 0.29) is 12.3 Å². The highest BCUT2D eigenvalue weighted by Gasteiger charge is 2.10. The zero-order chi connectivity index (χ0) is 15.4. The van der Waals surface area contributed by atoms with E-state index >= 15 is 0 Å². The minimum Gasteiger partial charge on any atom is -0.392 e. The summed E-state index contributed by atoms with van der Waals surface area (Å²) >= 11 is 11.8. The summed E-state index contributed by atoms with van der Waals surface area (Å²) in [7, 11) is 0. The molecule has 21 heavy (non-hydrogen) atoms. The smallest absolute Gasteiger partial charge is 0.269 e. The summed E-state index contributed by atoms with van der Waals surface area (Å²) in [5.41, 5.74) is 1.89. The lowest BCUT2D eigenvalue weighted by Gasteiger charge is -2.11. The van der Waals surface area contributed by atoms with Crippen LogP contribution in [0, 0.1) is 10.1 Å². The number of nitro groups is 1. The highest BCUT2D eigenvalue weighted by Crippen LogP contribution is 2.24. The van der Waals surface area contributed by atoms with Crippen LogP contribution in [0.3, 0.4) is 0 Å².